The Hall–Kier alpha value is -0.130. The van der Waals surface area contributed by atoms with Gasteiger partial charge >= 0.3 is 0 Å². The first-order valence-electron chi connectivity index (χ1n) is 5.44. The summed E-state index contributed by atoms with van der Waals surface area (Å²) in [6, 6.07) is 0. The highest BCUT2D eigenvalue weighted by Gasteiger charge is 2.20. The first kappa shape index (κ1) is 14.9. The van der Waals surface area contributed by atoms with E-state index in [-0.39, 0.29) is 5.25 Å². The highest BCUT2D eigenvalue weighted by molar-refractivity contribution is 7.90. The zero-order chi connectivity index (χ0) is 12.1. The van der Waals surface area contributed by atoms with Crippen LogP contribution >= 0.6 is 0 Å². The van der Waals surface area contributed by atoms with E-state index in [9.17, 15) is 8.42 Å². The van der Waals surface area contributed by atoms with Gasteiger partial charge in [0.2, 0.25) is 10.0 Å². The van der Waals surface area contributed by atoms with E-state index in [0.29, 0.717) is 24.9 Å². The van der Waals surface area contributed by atoms with E-state index < -0.39 is 10.0 Å². The lowest BCUT2D eigenvalue weighted by Gasteiger charge is -2.18. The normalized spacial score (nSPS) is 16.7. The van der Waals surface area contributed by atoms with Crippen molar-refractivity contribution in [3.63, 3.8) is 0 Å². The second kappa shape index (κ2) is 6.45. The molecule has 0 aliphatic carbocycles. The Labute approximate surface area is 93.9 Å². The molecule has 0 aromatic rings. The summed E-state index contributed by atoms with van der Waals surface area (Å²) in [6.07, 6.45) is 0. The largest absolute Gasteiger partial charge is 0.318 e. The van der Waals surface area contributed by atoms with Crippen molar-refractivity contribution in [1.29, 1.82) is 0 Å². The minimum Gasteiger partial charge on any atom is -0.318 e. The fourth-order valence-corrected chi connectivity index (χ4v) is 2.19. The van der Waals surface area contributed by atoms with Gasteiger partial charge in [-0.1, -0.05) is 20.8 Å². The molecule has 2 unspecified atom stereocenters. The molecule has 0 aromatic heterocycles. The highest BCUT2D eigenvalue weighted by Crippen LogP contribution is 2.08. The van der Waals surface area contributed by atoms with Crippen molar-refractivity contribution in [3.8, 4) is 0 Å². The van der Waals surface area contributed by atoms with Crippen molar-refractivity contribution in [2.75, 3.05) is 20.1 Å². The van der Waals surface area contributed by atoms with Crippen LogP contribution in [0.1, 0.15) is 27.7 Å². The quantitative estimate of drug-likeness (QED) is 0.687. The summed E-state index contributed by atoms with van der Waals surface area (Å²) in [6.45, 7) is 8.94. The molecule has 5 heteroatoms. The molecule has 2 N–H and O–H groups in total. The molecule has 0 spiro atoms. The number of rotatable bonds is 7. The molecule has 0 bridgehead atoms. The average Bonchev–Trinajstić information content (AvgIpc) is 2.14. The molecule has 92 valence electrons. The van der Waals surface area contributed by atoms with Crippen LogP contribution in [0.4, 0.5) is 0 Å². The Morgan fingerprint density at radius 2 is 1.60 bits per heavy atom. The second-order valence-corrected chi connectivity index (χ2v) is 6.67. The molecule has 0 heterocycles. The molecular weight excluding hydrogens is 212 g/mol. The van der Waals surface area contributed by atoms with Gasteiger partial charge in [-0.3, -0.25) is 0 Å². The van der Waals surface area contributed by atoms with Gasteiger partial charge in [-0.25, -0.2) is 13.1 Å². The minimum absolute atomic E-state index is 0.363. The minimum atomic E-state index is -3.16. The van der Waals surface area contributed by atoms with Crippen molar-refractivity contribution in [3.05, 3.63) is 0 Å². The van der Waals surface area contributed by atoms with Gasteiger partial charge < -0.3 is 5.32 Å². The van der Waals surface area contributed by atoms with Crippen LogP contribution in [-0.4, -0.2) is 33.8 Å². The summed E-state index contributed by atoms with van der Waals surface area (Å²) in [5.74, 6) is 0.855. The van der Waals surface area contributed by atoms with Crippen LogP contribution in [0.2, 0.25) is 0 Å². The first-order valence-corrected chi connectivity index (χ1v) is 6.99. The summed E-state index contributed by atoms with van der Waals surface area (Å²) in [4.78, 5) is 0. The number of nitrogens with one attached hydrogen (secondary N) is 2. The predicted molar refractivity (Wildman–Crippen MR) is 64.3 cm³/mol. The van der Waals surface area contributed by atoms with E-state index in [1.807, 2.05) is 0 Å². The van der Waals surface area contributed by atoms with E-state index in [2.05, 4.69) is 30.8 Å². The summed E-state index contributed by atoms with van der Waals surface area (Å²) < 4.78 is 26.0. The molecule has 0 rings (SSSR count). The number of hydrogen-bond donors (Lipinski definition) is 2. The zero-order valence-electron chi connectivity index (χ0n) is 10.4. The van der Waals surface area contributed by atoms with Gasteiger partial charge in [0, 0.05) is 13.1 Å². The van der Waals surface area contributed by atoms with Gasteiger partial charge in [-0.15, -0.1) is 0 Å². The molecule has 0 saturated carbocycles. The lowest BCUT2D eigenvalue weighted by molar-refractivity contribution is 0.413. The maximum atomic E-state index is 11.7. The van der Waals surface area contributed by atoms with Crippen LogP contribution in [0.15, 0.2) is 0 Å². The third kappa shape index (κ3) is 5.49. The molecule has 0 aliphatic heterocycles. The van der Waals surface area contributed by atoms with Crippen LogP contribution in [0.5, 0.6) is 0 Å². The van der Waals surface area contributed by atoms with Crippen molar-refractivity contribution in [2.24, 2.45) is 11.8 Å². The Morgan fingerprint density at radius 1 is 1.07 bits per heavy atom. The fraction of sp³-hybridized carbons (Fsp3) is 1.00. The van der Waals surface area contributed by atoms with Crippen LogP contribution in [0, 0.1) is 11.8 Å². The lowest BCUT2D eigenvalue weighted by Crippen LogP contribution is -2.40. The van der Waals surface area contributed by atoms with Gasteiger partial charge in [-0.05, 0) is 25.8 Å². The molecule has 4 nitrogen and oxygen atoms in total. The monoisotopic (exact) mass is 236 g/mol. The van der Waals surface area contributed by atoms with Gasteiger partial charge in [-0.2, -0.15) is 0 Å². The Balaban J connectivity index is 4.16. The van der Waals surface area contributed by atoms with Crippen molar-refractivity contribution >= 4 is 10.0 Å². The van der Waals surface area contributed by atoms with E-state index in [1.165, 1.54) is 0 Å². The predicted octanol–water partition coefficient (Wildman–Crippen LogP) is 0.806. The van der Waals surface area contributed by atoms with Gasteiger partial charge in [0.15, 0.2) is 0 Å². The van der Waals surface area contributed by atoms with Crippen molar-refractivity contribution < 1.29 is 8.42 Å². The van der Waals surface area contributed by atoms with E-state index >= 15 is 0 Å². The van der Waals surface area contributed by atoms with Gasteiger partial charge in [0.25, 0.3) is 0 Å². The standard InChI is InChI=1S/C10H24N2O2S/c1-8(2)9(3)6-12-15(13,14)10(4)7-11-5/h8-12H,6-7H2,1-5H3. The maximum Gasteiger partial charge on any atom is 0.215 e. The molecule has 0 aliphatic rings. The van der Waals surface area contributed by atoms with Gasteiger partial charge in [0.1, 0.15) is 0 Å². The highest BCUT2D eigenvalue weighted by atomic mass is 32.2. The summed E-state index contributed by atoms with van der Waals surface area (Å²) in [5.41, 5.74) is 0. The fourth-order valence-electron chi connectivity index (χ4n) is 1.02. The summed E-state index contributed by atoms with van der Waals surface area (Å²) >= 11 is 0. The molecule has 0 amide bonds. The van der Waals surface area contributed by atoms with E-state index in [1.54, 1.807) is 14.0 Å². The number of hydrogen-bond acceptors (Lipinski definition) is 3. The second-order valence-electron chi connectivity index (χ2n) is 4.48. The first-order chi connectivity index (χ1) is 6.81. The molecule has 0 saturated heterocycles. The van der Waals surface area contributed by atoms with Gasteiger partial charge in [0.05, 0.1) is 5.25 Å². The Kier molecular flexibility index (Phi) is 6.40. The van der Waals surface area contributed by atoms with Crippen molar-refractivity contribution in [1.82, 2.24) is 10.0 Å². The molecule has 2 atom stereocenters. The molecule has 0 aromatic carbocycles. The topological polar surface area (TPSA) is 58.2 Å². The van der Waals surface area contributed by atoms with E-state index in [0.717, 1.165) is 0 Å². The third-order valence-corrected chi connectivity index (χ3v) is 4.56. The SMILES string of the molecule is CNCC(C)S(=O)(=O)NCC(C)C(C)C. The van der Waals surface area contributed by atoms with Crippen LogP contribution < -0.4 is 10.0 Å². The molecule has 0 fully saturated rings. The third-order valence-electron chi connectivity index (χ3n) is 2.77. The van der Waals surface area contributed by atoms with Crippen molar-refractivity contribution in [2.45, 2.75) is 32.9 Å². The van der Waals surface area contributed by atoms with Crippen LogP contribution in [0.25, 0.3) is 0 Å². The van der Waals surface area contributed by atoms with E-state index in [4.69, 9.17) is 0 Å². The molecule has 15 heavy (non-hydrogen) atoms. The summed E-state index contributed by atoms with van der Waals surface area (Å²) in [7, 11) is -1.41. The Morgan fingerprint density at radius 3 is 2.00 bits per heavy atom. The molecular formula is C10H24N2O2S. The lowest BCUT2D eigenvalue weighted by atomic mass is 9.99. The molecule has 0 radical (unpaired) electrons. The van der Waals surface area contributed by atoms with Crippen LogP contribution in [0.3, 0.4) is 0 Å². The Bertz CT molecular complexity index is 263. The smallest absolute Gasteiger partial charge is 0.215 e. The average molecular weight is 236 g/mol. The summed E-state index contributed by atoms with van der Waals surface area (Å²) in [5, 5.41) is 2.48. The van der Waals surface area contributed by atoms with Crippen LogP contribution in [-0.2, 0) is 10.0 Å². The number of sulfonamides is 1. The maximum absolute atomic E-state index is 11.7. The zero-order valence-corrected chi connectivity index (χ0v) is 11.2.